The summed E-state index contributed by atoms with van der Waals surface area (Å²) in [5.74, 6) is 0. The number of hydrogen-bond donors (Lipinski definition) is 3. The summed E-state index contributed by atoms with van der Waals surface area (Å²) in [7, 11) is 0. The normalized spacial score (nSPS) is 17.0. The van der Waals surface area contributed by atoms with Crippen LogP contribution in [0.1, 0.15) is 30.9 Å². The van der Waals surface area contributed by atoms with Gasteiger partial charge in [0.25, 0.3) is 0 Å². The fourth-order valence-electron chi connectivity index (χ4n) is 2.36. The van der Waals surface area contributed by atoms with Gasteiger partial charge in [0.15, 0.2) is 0 Å². The summed E-state index contributed by atoms with van der Waals surface area (Å²) in [4.78, 5) is 12.7. The number of nitrogens with zero attached hydrogens (tertiary/aromatic N) is 1. The Balaban J connectivity index is 1.95. The molecule has 0 aliphatic carbocycles. The molecule has 1 amide bonds. The van der Waals surface area contributed by atoms with Gasteiger partial charge in [0, 0.05) is 18.8 Å². The number of carboxylic acid groups (broad SMARTS) is 1. The van der Waals surface area contributed by atoms with Gasteiger partial charge in [0.1, 0.15) is 0 Å². The minimum absolute atomic E-state index is 0.0123. The standard InChI is InChI=1S/C14H20N2O3/c17-13(10-15-14(18)19)11-4-6-12(7-5-11)16-8-2-1-3-9-16/h4-7,13,15,17H,1-3,8-10H2,(H,18,19)/t13-/m1/s1. The molecule has 0 spiro atoms. The highest BCUT2D eigenvalue weighted by molar-refractivity contribution is 5.64. The molecule has 2 rings (SSSR count). The molecule has 3 N–H and O–H groups in total. The van der Waals surface area contributed by atoms with Crippen molar-refractivity contribution >= 4 is 11.8 Å². The highest BCUT2D eigenvalue weighted by Crippen LogP contribution is 2.22. The first kappa shape index (κ1) is 13.7. The minimum atomic E-state index is -1.12. The van der Waals surface area contributed by atoms with Gasteiger partial charge in [0.05, 0.1) is 12.6 Å². The summed E-state index contributed by atoms with van der Waals surface area (Å²) in [6.45, 7) is 2.18. The molecule has 0 radical (unpaired) electrons. The van der Waals surface area contributed by atoms with Crippen LogP contribution < -0.4 is 10.2 Å². The van der Waals surface area contributed by atoms with E-state index in [1.807, 2.05) is 24.3 Å². The van der Waals surface area contributed by atoms with E-state index in [-0.39, 0.29) is 6.54 Å². The van der Waals surface area contributed by atoms with Crippen LogP contribution in [-0.2, 0) is 0 Å². The Bertz CT molecular complexity index is 413. The molecule has 1 aromatic rings. The number of benzene rings is 1. The third kappa shape index (κ3) is 3.86. The Morgan fingerprint density at radius 1 is 1.21 bits per heavy atom. The Hall–Kier alpha value is -1.75. The number of piperidine rings is 1. The predicted molar refractivity (Wildman–Crippen MR) is 73.5 cm³/mol. The van der Waals surface area contributed by atoms with E-state index in [4.69, 9.17) is 5.11 Å². The van der Waals surface area contributed by atoms with Crippen LogP contribution in [-0.4, -0.2) is 35.9 Å². The summed E-state index contributed by atoms with van der Waals surface area (Å²) < 4.78 is 0. The molecule has 1 aromatic carbocycles. The summed E-state index contributed by atoms with van der Waals surface area (Å²) >= 11 is 0. The molecule has 5 nitrogen and oxygen atoms in total. The summed E-state index contributed by atoms with van der Waals surface area (Å²) in [5, 5.41) is 20.5. The average molecular weight is 264 g/mol. The molecule has 1 atom stereocenters. The van der Waals surface area contributed by atoms with Crippen LogP contribution in [0.15, 0.2) is 24.3 Å². The van der Waals surface area contributed by atoms with E-state index in [2.05, 4.69) is 10.2 Å². The van der Waals surface area contributed by atoms with Crippen molar-refractivity contribution in [3.05, 3.63) is 29.8 Å². The summed E-state index contributed by atoms with van der Waals surface area (Å²) in [5.41, 5.74) is 1.90. The highest BCUT2D eigenvalue weighted by Gasteiger charge is 2.12. The Morgan fingerprint density at radius 3 is 2.42 bits per heavy atom. The molecule has 0 aromatic heterocycles. The van der Waals surface area contributed by atoms with Crippen molar-refractivity contribution in [1.82, 2.24) is 5.32 Å². The largest absolute Gasteiger partial charge is 0.465 e. The van der Waals surface area contributed by atoms with Crippen LogP contribution in [0.5, 0.6) is 0 Å². The van der Waals surface area contributed by atoms with Crippen molar-refractivity contribution in [2.24, 2.45) is 0 Å². The molecule has 0 unspecified atom stereocenters. The second-order valence-electron chi connectivity index (χ2n) is 4.84. The quantitative estimate of drug-likeness (QED) is 0.777. The van der Waals surface area contributed by atoms with Crippen molar-refractivity contribution in [2.45, 2.75) is 25.4 Å². The number of aliphatic hydroxyl groups is 1. The number of nitrogens with one attached hydrogen (secondary N) is 1. The molecule has 0 bridgehead atoms. The number of anilines is 1. The molecule has 0 saturated carbocycles. The first-order chi connectivity index (χ1) is 9.16. The van der Waals surface area contributed by atoms with Gasteiger partial charge in [-0.1, -0.05) is 12.1 Å². The number of hydrogen-bond acceptors (Lipinski definition) is 3. The number of aliphatic hydroxyl groups excluding tert-OH is 1. The van der Waals surface area contributed by atoms with Gasteiger partial charge in [-0.2, -0.15) is 0 Å². The first-order valence-corrected chi connectivity index (χ1v) is 6.66. The van der Waals surface area contributed by atoms with Crippen LogP contribution in [0.4, 0.5) is 10.5 Å². The van der Waals surface area contributed by atoms with E-state index in [0.717, 1.165) is 18.7 Å². The minimum Gasteiger partial charge on any atom is -0.465 e. The lowest BCUT2D eigenvalue weighted by atomic mass is 10.1. The molecule has 5 heteroatoms. The molecule has 1 aliphatic heterocycles. The van der Waals surface area contributed by atoms with Crippen LogP contribution in [0.25, 0.3) is 0 Å². The Morgan fingerprint density at radius 2 is 1.84 bits per heavy atom. The maximum Gasteiger partial charge on any atom is 0.404 e. The van der Waals surface area contributed by atoms with E-state index < -0.39 is 12.2 Å². The molecule has 1 aliphatic rings. The second kappa shape index (κ2) is 6.43. The molecular weight excluding hydrogens is 244 g/mol. The number of rotatable bonds is 4. The topological polar surface area (TPSA) is 72.8 Å². The summed E-state index contributed by atoms with van der Waals surface area (Å²) in [6, 6.07) is 7.70. The lowest BCUT2D eigenvalue weighted by molar-refractivity contribution is 0.159. The van der Waals surface area contributed by atoms with Crippen molar-refractivity contribution in [2.75, 3.05) is 24.5 Å². The van der Waals surface area contributed by atoms with E-state index in [1.165, 1.54) is 24.9 Å². The van der Waals surface area contributed by atoms with Crippen LogP contribution >= 0.6 is 0 Å². The average Bonchev–Trinajstić information content (AvgIpc) is 2.46. The molecule has 104 valence electrons. The van der Waals surface area contributed by atoms with Gasteiger partial charge >= 0.3 is 6.09 Å². The maximum absolute atomic E-state index is 10.4. The van der Waals surface area contributed by atoms with E-state index in [9.17, 15) is 9.90 Å². The summed E-state index contributed by atoms with van der Waals surface area (Å²) in [6.07, 6.45) is 1.84. The third-order valence-corrected chi connectivity index (χ3v) is 3.45. The van der Waals surface area contributed by atoms with E-state index >= 15 is 0 Å². The third-order valence-electron chi connectivity index (χ3n) is 3.45. The number of amides is 1. The van der Waals surface area contributed by atoms with Crippen molar-refractivity contribution in [3.8, 4) is 0 Å². The van der Waals surface area contributed by atoms with E-state index in [1.54, 1.807) is 0 Å². The molecule has 1 heterocycles. The van der Waals surface area contributed by atoms with Crippen molar-refractivity contribution < 1.29 is 15.0 Å². The SMILES string of the molecule is O=C(O)NC[C@@H](O)c1ccc(N2CCCCC2)cc1. The molecule has 19 heavy (non-hydrogen) atoms. The van der Waals surface area contributed by atoms with Gasteiger partial charge in [-0.05, 0) is 37.0 Å². The predicted octanol–water partition coefficient (Wildman–Crippen LogP) is 1.98. The lowest BCUT2D eigenvalue weighted by Gasteiger charge is -2.29. The molecule has 1 fully saturated rings. The second-order valence-corrected chi connectivity index (χ2v) is 4.84. The first-order valence-electron chi connectivity index (χ1n) is 6.66. The van der Waals surface area contributed by atoms with E-state index in [0.29, 0.717) is 0 Å². The van der Waals surface area contributed by atoms with Crippen LogP contribution in [0.2, 0.25) is 0 Å². The highest BCUT2D eigenvalue weighted by atomic mass is 16.4. The zero-order valence-corrected chi connectivity index (χ0v) is 10.9. The van der Waals surface area contributed by atoms with Crippen molar-refractivity contribution in [1.29, 1.82) is 0 Å². The monoisotopic (exact) mass is 264 g/mol. The van der Waals surface area contributed by atoms with Gasteiger partial charge in [-0.15, -0.1) is 0 Å². The smallest absolute Gasteiger partial charge is 0.404 e. The lowest BCUT2D eigenvalue weighted by Crippen LogP contribution is -2.29. The van der Waals surface area contributed by atoms with Gasteiger partial charge in [0.2, 0.25) is 0 Å². The van der Waals surface area contributed by atoms with Gasteiger partial charge in [-0.3, -0.25) is 0 Å². The van der Waals surface area contributed by atoms with Crippen molar-refractivity contribution in [3.63, 3.8) is 0 Å². The molecular formula is C14H20N2O3. The zero-order valence-electron chi connectivity index (χ0n) is 10.9. The zero-order chi connectivity index (χ0) is 13.7. The Labute approximate surface area is 112 Å². The Kier molecular flexibility index (Phi) is 4.63. The van der Waals surface area contributed by atoms with Crippen LogP contribution in [0.3, 0.4) is 0 Å². The van der Waals surface area contributed by atoms with Gasteiger partial charge < -0.3 is 20.4 Å². The fourth-order valence-corrected chi connectivity index (χ4v) is 2.36. The maximum atomic E-state index is 10.4. The molecule has 1 saturated heterocycles. The van der Waals surface area contributed by atoms with Crippen LogP contribution in [0, 0.1) is 0 Å². The number of carbonyl (C=O) groups is 1. The van der Waals surface area contributed by atoms with Gasteiger partial charge in [-0.25, -0.2) is 4.79 Å². The fraction of sp³-hybridized carbons (Fsp3) is 0.500.